The predicted octanol–water partition coefficient (Wildman–Crippen LogP) is 4.14. The fraction of sp³-hybridized carbons (Fsp3) is 0.741. The van der Waals surface area contributed by atoms with Crippen molar-refractivity contribution in [3.05, 3.63) is 40.1 Å². The van der Waals surface area contributed by atoms with Crippen molar-refractivity contribution in [1.82, 2.24) is 29.6 Å². The Kier molecular flexibility index (Phi) is 7.35. The number of nitrogens with zero attached hydrogens (tertiary/aromatic N) is 4. The molecule has 4 fully saturated rings. The van der Waals surface area contributed by atoms with Gasteiger partial charge in [0.15, 0.2) is 0 Å². The molecule has 0 radical (unpaired) electrons. The number of fused-ring (bicyclic) bond motifs is 1. The summed E-state index contributed by atoms with van der Waals surface area (Å²) in [7, 11) is 2.12. The van der Waals surface area contributed by atoms with Crippen molar-refractivity contribution in [2.75, 3.05) is 32.6 Å². The molecule has 210 valence electrons. The molecule has 4 aliphatic rings. The van der Waals surface area contributed by atoms with Crippen molar-refractivity contribution in [3.8, 4) is 0 Å². The molecule has 2 aromatic heterocycles. The van der Waals surface area contributed by atoms with Gasteiger partial charge in [0.2, 0.25) is 0 Å². The average Bonchev–Trinajstić information content (AvgIpc) is 3.55. The van der Waals surface area contributed by atoms with Crippen LogP contribution in [0.4, 0.5) is 13.2 Å². The van der Waals surface area contributed by atoms with Crippen LogP contribution < -0.4 is 16.5 Å². The van der Waals surface area contributed by atoms with E-state index in [0.717, 1.165) is 44.8 Å². The smallest absolute Gasteiger partial charge is 0.299 e. The SMILES string of the molecule is C[C@H]1CCCN(Cc2cc(C(F)(F)F)c3cn(C4CSC([C@H](C5CCC5)C5NNCN5C)C4)c(=O)n3c2)C1. The number of hydrogen-bond acceptors (Lipinski definition) is 6. The summed E-state index contributed by atoms with van der Waals surface area (Å²) in [5.74, 6) is 2.36. The van der Waals surface area contributed by atoms with E-state index < -0.39 is 11.7 Å². The number of thioether (sulfide) groups is 1. The van der Waals surface area contributed by atoms with Crippen molar-refractivity contribution in [2.24, 2.45) is 17.8 Å². The van der Waals surface area contributed by atoms with Crippen LogP contribution in [0, 0.1) is 17.8 Å². The number of pyridine rings is 1. The molecule has 6 rings (SSSR count). The summed E-state index contributed by atoms with van der Waals surface area (Å²) in [4.78, 5) is 18.1. The maximum atomic E-state index is 14.2. The fourth-order valence-electron chi connectivity index (χ4n) is 7.09. The zero-order chi connectivity index (χ0) is 26.6. The van der Waals surface area contributed by atoms with E-state index in [-0.39, 0.29) is 23.4 Å². The Balaban J connectivity index is 1.29. The van der Waals surface area contributed by atoms with Crippen LogP contribution in [0.15, 0.2) is 23.3 Å². The lowest BCUT2D eigenvalue weighted by molar-refractivity contribution is -0.136. The number of hydrazine groups is 1. The molecule has 5 atom stereocenters. The molecule has 3 unspecified atom stereocenters. The summed E-state index contributed by atoms with van der Waals surface area (Å²) >= 11 is 1.88. The average molecular weight is 553 g/mol. The molecule has 11 heteroatoms. The molecule has 0 amide bonds. The summed E-state index contributed by atoms with van der Waals surface area (Å²) in [6.07, 6.45) is 5.52. The van der Waals surface area contributed by atoms with Crippen molar-refractivity contribution in [2.45, 2.75) is 75.6 Å². The molecule has 3 saturated heterocycles. The minimum Gasteiger partial charge on any atom is -0.299 e. The minimum atomic E-state index is -4.52. The van der Waals surface area contributed by atoms with Gasteiger partial charge in [0.25, 0.3) is 0 Å². The van der Waals surface area contributed by atoms with E-state index in [1.165, 1.54) is 35.9 Å². The van der Waals surface area contributed by atoms with Crippen LogP contribution in [0.3, 0.4) is 0 Å². The first-order valence-electron chi connectivity index (χ1n) is 14.0. The summed E-state index contributed by atoms with van der Waals surface area (Å²) < 4.78 is 45.5. The Morgan fingerprint density at radius 2 is 2.00 bits per heavy atom. The van der Waals surface area contributed by atoms with E-state index in [0.29, 0.717) is 35.1 Å². The molecule has 5 heterocycles. The first-order chi connectivity index (χ1) is 18.2. The molecule has 0 spiro atoms. The number of aromatic nitrogens is 2. The highest BCUT2D eigenvalue weighted by atomic mass is 32.2. The highest BCUT2D eigenvalue weighted by Gasteiger charge is 2.45. The highest BCUT2D eigenvalue weighted by Crippen LogP contribution is 2.47. The number of rotatable bonds is 6. The van der Waals surface area contributed by atoms with Gasteiger partial charge in [0.1, 0.15) is 0 Å². The summed E-state index contributed by atoms with van der Waals surface area (Å²) in [6, 6.07) is 1.15. The molecule has 38 heavy (non-hydrogen) atoms. The lowest BCUT2D eigenvalue weighted by Gasteiger charge is -2.42. The summed E-state index contributed by atoms with van der Waals surface area (Å²) in [5, 5.41) is 0.360. The number of hydrogen-bond donors (Lipinski definition) is 2. The zero-order valence-corrected chi connectivity index (χ0v) is 23.0. The van der Waals surface area contributed by atoms with Gasteiger partial charge < -0.3 is 0 Å². The normalized spacial score (nSPS) is 30.8. The van der Waals surface area contributed by atoms with E-state index >= 15 is 0 Å². The van der Waals surface area contributed by atoms with Crippen LogP contribution >= 0.6 is 11.8 Å². The third kappa shape index (κ3) is 5.05. The quantitative estimate of drug-likeness (QED) is 0.562. The lowest BCUT2D eigenvalue weighted by Crippen LogP contribution is -2.49. The van der Waals surface area contributed by atoms with Crippen LogP contribution in [0.5, 0.6) is 0 Å². The van der Waals surface area contributed by atoms with Gasteiger partial charge in [-0.25, -0.2) is 15.6 Å². The topological polar surface area (TPSA) is 57.0 Å². The fourth-order valence-corrected chi connectivity index (χ4v) is 8.81. The van der Waals surface area contributed by atoms with Crippen LogP contribution in [0.25, 0.3) is 5.52 Å². The van der Waals surface area contributed by atoms with Crippen molar-refractivity contribution >= 4 is 17.3 Å². The zero-order valence-electron chi connectivity index (χ0n) is 22.2. The van der Waals surface area contributed by atoms with E-state index in [1.807, 2.05) is 11.8 Å². The molecule has 0 bridgehead atoms. The Bertz CT molecular complexity index is 1210. The number of halogens is 3. The first-order valence-corrected chi connectivity index (χ1v) is 15.1. The second-order valence-corrected chi connectivity index (χ2v) is 13.3. The molecule has 0 aromatic carbocycles. The second kappa shape index (κ2) is 10.5. The van der Waals surface area contributed by atoms with Gasteiger partial charge >= 0.3 is 11.9 Å². The molecule has 7 nitrogen and oxygen atoms in total. The maximum Gasteiger partial charge on any atom is 0.418 e. The van der Waals surface area contributed by atoms with E-state index in [4.69, 9.17) is 0 Å². The largest absolute Gasteiger partial charge is 0.418 e. The van der Waals surface area contributed by atoms with Gasteiger partial charge in [-0.1, -0.05) is 26.2 Å². The van der Waals surface area contributed by atoms with Crippen molar-refractivity contribution in [1.29, 1.82) is 0 Å². The molecule has 3 aliphatic heterocycles. The first kappa shape index (κ1) is 26.7. The van der Waals surface area contributed by atoms with E-state index in [2.05, 4.69) is 34.6 Å². The van der Waals surface area contributed by atoms with Gasteiger partial charge in [-0.05, 0) is 56.3 Å². The monoisotopic (exact) mass is 552 g/mol. The van der Waals surface area contributed by atoms with Crippen LogP contribution in [-0.2, 0) is 12.7 Å². The van der Waals surface area contributed by atoms with Crippen LogP contribution in [0.2, 0.25) is 0 Å². The Labute approximate surface area is 226 Å². The van der Waals surface area contributed by atoms with Gasteiger partial charge in [0.05, 0.1) is 23.9 Å². The molecule has 1 saturated carbocycles. The number of likely N-dealkylation sites (tertiary alicyclic amines) is 1. The predicted molar refractivity (Wildman–Crippen MR) is 144 cm³/mol. The third-order valence-electron chi connectivity index (χ3n) is 9.24. The molecule has 2 N–H and O–H groups in total. The van der Waals surface area contributed by atoms with Gasteiger partial charge in [0, 0.05) is 48.4 Å². The number of imidazole rings is 1. The van der Waals surface area contributed by atoms with E-state index in [1.54, 1.807) is 10.8 Å². The Morgan fingerprint density at radius 3 is 2.66 bits per heavy atom. The van der Waals surface area contributed by atoms with Crippen molar-refractivity contribution in [3.63, 3.8) is 0 Å². The third-order valence-corrected chi connectivity index (χ3v) is 10.8. The summed E-state index contributed by atoms with van der Waals surface area (Å²) in [5.41, 5.74) is 6.14. The van der Waals surface area contributed by atoms with Crippen LogP contribution in [-0.4, -0.2) is 62.7 Å². The number of nitrogens with one attached hydrogen (secondary N) is 2. The molecule has 2 aromatic rings. The van der Waals surface area contributed by atoms with Crippen LogP contribution in [0.1, 0.15) is 62.6 Å². The van der Waals surface area contributed by atoms with Gasteiger partial charge in [-0.15, -0.1) is 0 Å². The number of piperidine rings is 1. The standard InChI is InChI=1S/C27H39F3N6OS/c1-17-5-4-8-34(11-17)12-18-9-21(27(28,29)30)22-14-35(26(37)36(22)13-18)20-10-23(38-15-20)24(19-6-3-7-19)25-32-31-16-33(25)2/h9,13-14,17,19-20,23-25,31-32H,3-8,10-12,15-16H2,1-2H3/t17-,20?,23?,24-,25?/m0/s1. The Morgan fingerprint density at radius 1 is 1.18 bits per heavy atom. The highest BCUT2D eigenvalue weighted by molar-refractivity contribution is 8.00. The lowest BCUT2D eigenvalue weighted by atomic mass is 9.72. The maximum absolute atomic E-state index is 14.2. The van der Waals surface area contributed by atoms with E-state index in [9.17, 15) is 18.0 Å². The molecular formula is C27H39F3N6OS. The molecule has 1 aliphatic carbocycles. The molecular weight excluding hydrogens is 513 g/mol. The minimum absolute atomic E-state index is 0.0383. The number of alkyl halides is 3. The van der Waals surface area contributed by atoms with Gasteiger partial charge in [-0.3, -0.25) is 18.8 Å². The Hall–Kier alpha value is -1.53. The van der Waals surface area contributed by atoms with Crippen molar-refractivity contribution < 1.29 is 13.2 Å². The summed E-state index contributed by atoms with van der Waals surface area (Å²) in [6.45, 7) is 5.15. The van der Waals surface area contributed by atoms with Gasteiger partial charge in [-0.2, -0.15) is 24.9 Å². The second-order valence-electron chi connectivity index (χ2n) is 12.0.